The summed E-state index contributed by atoms with van der Waals surface area (Å²) in [5.74, 6) is 0.580. The molecule has 2 aromatic carbocycles. The summed E-state index contributed by atoms with van der Waals surface area (Å²) in [6, 6.07) is 16.7. The number of thiophene rings is 1. The molecule has 0 aliphatic carbocycles. The highest BCUT2D eigenvalue weighted by molar-refractivity contribution is 7.93. The lowest BCUT2D eigenvalue weighted by Gasteiger charge is -2.07. The van der Waals surface area contributed by atoms with Crippen molar-refractivity contribution in [3.63, 3.8) is 0 Å². The molecular formula is C20H13ClN4O3S2. The first-order valence-electron chi connectivity index (χ1n) is 8.59. The summed E-state index contributed by atoms with van der Waals surface area (Å²) < 4.78 is 33.5. The minimum atomic E-state index is -3.83. The fourth-order valence-electron chi connectivity index (χ4n) is 2.73. The van der Waals surface area contributed by atoms with E-state index in [2.05, 4.69) is 14.9 Å². The summed E-state index contributed by atoms with van der Waals surface area (Å²) in [6.45, 7) is 1.70. The molecule has 4 rings (SSSR count). The number of nitriles is 1. The monoisotopic (exact) mass is 456 g/mol. The molecular weight excluding hydrogens is 444 g/mol. The van der Waals surface area contributed by atoms with Crippen molar-refractivity contribution in [1.29, 1.82) is 5.26 Å². The van der Waals surface area contributed by atoms with Gasteiger partial charge in [0.15, 0.2) is 0 Å². The Balaban J connectivity index is 1.62. The highest BCUT2D eigenvalue weighted by atomic mass is 35.5. The molecule has 0 spiro atoms. The molecule has 0 radical (unpaired) electrons. The molecule has 2 aromatic heterocycles. The van der Waals surface area contributed by atoms with Gasteiger partial charge in [0.2, 0.25) is 5.82 Å². The molecule has 0 fully saturated rings. The number of rotatable bonds is 5. The summed E-state index contributed by atoms with van der Waals surface area (Å²) in [5, 5.41) is 13.4. The highest BCUT2D eigenvalue weighted by Gasteiger charge is 2.23. The molecule has 150 valence electrons. The lowest BCUT2D eigenvalue weighted by molar-refractivity contribution is 0.433. The Morgan fingerprint density at radius 1 is 1.17 bits per heavy atom. The molecule has 10 heteroatoms. The topological polar surface area (TPSA) is 109 Å². The maximum atomic E-state index is 12.8. The third-order valence-corrected chi connectivity index (χ3v) is 7.06. The van der Waals surface area contributed by atoms with Crippen molar-refractivity contribution in [2.45, 2.75) is 11.8 Å². The predicted molar refractivity (Wildman–Crippen MR) is 115 cm³/mol. The zero-order valence-corrected chi connectivity index (χ0v) is 17.8. The van der Waals surface area contributed by atoms with Crippen LogP contribution in [0.4, 0.5) is 5.69 Å². The van der Waals surface area contributed by atoms with Crippen LogP contribution in [0.3, 0.4) is 0 Å². The van der Waals surface area contributed by atoms with Crippen molar-refractivity contribution in [3.05, 3.63) is 70.1 Å². The summed E-state index contributed by atoms with van der Waals surface area (Å²) in [5.41, 5.74) is 1.50. The summed E-state index contributed by atoms with van der Waals surface area (Å²) in [6.07, 6.45) is 0. The van der Waals surface area contributed by atoms with E-state index in [1.165, 1.54) is 29.5 Å². The second-order valence-electron chi connectivity index (χ2n) is 6.26. The van der Waals surface area contributed by atoms with Crippen molar-refractivity contribution in [2.75, 3.05) is 4.72 Å². The van der Waals surface area contributed by atoms with Crippen LogP contribution in [0.1, 0.15) is 10.4 Å². The molecule has 2 heterocycles. The quantitative estimate of drug-likeness (QED) is 0.447. The van der Waals surface area contributed by atoms with Crippen LogP contribution >= 0.6 is 22.9 Å². The number of sulfonamides is 1. The number of halogens is 1. The fraction of sp³-hybridized carbons (Fsp3) is 0.0500. The number of anilines is 1. The fourth-order valence-corrected chi connectivity index (χ4v) is 5.49. The molecule has 0 unspecified atom stereocenters. The van der Waals surface area contributed by atoms with Crippen LogP contribution in [0.2, 0.25) is 5.02 Å². The van der Waals surface area contributed by atoms with Crippen LogP contribution in [0.5, 0.6) is 0 Å². The van der Waals surface area contributed by atoms with Gasteiger partial charge < -0.3 is 4.52 Å². The van der Waals surface area contributed by atoms with Crippen molar-refractivity contribution in [1.82, 2.24) is 10.1 Å². The maximum Gasteiger partial charge on any atom is 0.268 e. The molecule has 1 N–H and O–H groups in total. The van der Waals surface area contributed by atoms with Gasteiger partial charge in [0.25, 0.3) is 15.9 Å². The SMILES string of the molecule is Cc1sc(-c2nc(-c3cccc(Cl)c3)no2)cc1S(=O)(=O)Nc1ccc(C#N)cc1. The average Bonchev–Trinajstić information content (AvgIpc) is 3.35. The van der Waals surface area contributed by atoms with Gasteiger partial charge in [0, 0.05) is 21.2 Å². The molecule has 0 bridgehead atoms. The molecule has 0 saturated heterocycles. The van der Waals surface area contributed by atoms with Gasteiger partial charge in [0.1, 0.15) is 4.90 Å². The number of nitrogens with one attached hydrogen (secondary N) is 1. The van der Waals surface area contributed by atoms with E-state index in [1.54, 1.807) is 43.3 Å². The number of nitrogens with zero attached hydrogens (tertiary/aromatic N) is 3. The Hall–Kier alpha value is -3.19. The zero-order valence-electron chi connectivity index (χ0n) is 15.5. The predicted octanol–water partition coefficient (Wildman–Crippen LogP) is 5.10. The van der Waals surface area contributed by atoms with Crippen LogP contribution in [0, 0.1) is 18.3 Å². The molecule has 4 aromatic rings. The molecule has 0 aliphatic heterocycles. The zero-order chi connectivity index (χ0) is 21.3. The van der Waals surface area contributed by atoms with Crippen molar-refractivity contribution in [2.24, 2.45) is 0 Å². The standard InChI is InChI=1S/C20H13ClN4O3S2/c1-12-18(30(26,27)25-16-7-5-13(11-22)6-8-16)10-17(29-12)20-23-19(24-28-20)14-3-2-4-15(21)9-14/h2-10,25H,1H3. The Morgan fingerprint density at radius 2 is 1.93 bits per heavy atom. The maximum absolute atomic E-state index is 12.8. The average molecular weight is 457 g/mol. The second kappa shape index (κ2) is 7.91. The van der Waals surface area contributed by atoms with Crippen LogP contribution < -0.4 is 4.72 Å². The van der Waals surface area contributed by atoms with Gasteiger partial charge in [-0.1, -0.05) is 28.9 Å². The number of hydrogen-bond acceptors (Lipinski definition) is 7. The van der Waals surface area contributed by atoms with Crippen molar-refractivity contribution >= 4 is 38.6 Å². The van der Waals surface area contributed by atoms with Crippen LogP contribution in [0.25, 0.3) is 22.2 Å². The molecule has 30 heavy (non-hydrogen) atoms. The number of hydrogen-bond donors (Lipinski definition) is 1. The van der Waals surface area contributed by atoms with E-state index >= 15 is 0 Å². The number of benzene rings is 2. The van der Waals surface area contributed by atoms with Crippen molar-refractivity contribution in [3.8, 4) is 28.2 Å². The summed E-state index contributed by atoms with van der Waals surface area (Å²) >= 11 is 7.24. The Kier molecular flexibility index (Phi) is 5.30. The third-order valence-electron chi connectivity index (χ3n) is 4.15. The minimum absolute atomic E-state index is 0.120. The van der Waals surface area contributed by atoms with E-state index in [0.717, 1.165) is 0 Å². The Bertz CT molecular complexity index is 1370. The number of aryl methyl sites for hydroxylation is 1. The van der Waals surface area contributed by atoms with Crippen molar-refractivity contribution < 1.29 is 12.9 Å². The van der Waals surface area contributed by atoms with Gasteiger partial charge in [-0.05, 0) is 49.4 Å². The highest BCUT2D eigenvalue weighted by Crippen LogP contribution is 2.34. The van der Waals surface area contributed by atoms with Gasteiger partial charge in [-0.25, -0.2) is 8.42 Å². The second-order valence-corrected chi connectivity index (χ2v) is 9.60. The van der Waals surface area contributed by atoms with Crippen LogP contribution in [0.15, 0.2) is 64.0 Å². The summed E-state index contributed by atoms with van der Waals surface area (Å²) in [7, 11) is -3.83. The lowest BCUT2D eigenvalue weighted by Crippen LogP contribution is -2.13. The van der Waals surface area contributed by atoms with Gasteiger partial charge >= 0.3 is 0 Å². The lowest BCUT2D eigenvalue weighted by atomic mass is 10.2. The van der Waals surface area contributed by atoms with E-state index in [4.69, 9.17) is 21.4 Å². The van der Waals surface area contributed by atoms with E-state index in [9.17, 15) is 8.42 Å². The molecule has 0 aliphatic rings. The van der Waals surface area contributed by atoms with Gasteiger partial charge in [-0.2, -0.15) is 10.2 Å². The third kappa shape index (κ3) is 4.07. The summed E-state index contributed by atoms with van der Waals surface area (Å²) in [4.78, 5) is 5.59. The van der Waals surface area contributed by atoms with Crippen LogP contribution in [-0.2, 0) is 10.0 Å². The van der Waals surface area contributed by atoms with Crippen LogP contribution in [-0.4, -0.2) is 18.6 Å². The molecule has 7 nitrogen and oxygen atoms in total. The van der Waals surface area contributed by atoms with Gasteiger partial charge in [-0.3, -0.25) is 4.72 Å². The normalized spacial score (nSPS) is 11.2. The smallest absolute Gasteiger partial charge is 0.268 e. The molecule has 0 atom stereocenters. The Labute approximate surface area is 181 Å². The number of aromatic nitrogens is 2. The minimum Gasteiger partial charge on any atom is -0.333 e. The molecule has 0 saturated carbocycles. The first kappa shape index (κ1) is 20.1. The van der Waals surface area contributed by atoms with Gasteiger partial charge in [0.05, 0.1) is 16.5 Å². The molecule has 0 amide bonds. The van der Waals surface area contributed by atoms with E-state index in [0.29, 0.717) is 37.4 Å². The van der Waals surface area contributed by atoms with E-state index in [-0.39, 0.29) is 10.8 Å². The van der Waals surface area contributed by atoms with Gasteiger partial charge in [-0.15, -0.1) is 11.3 Å². The Morgan fingerprint density at radius 3 is 2.63 bits per heavy atom. The van der Waals surface area contributed by atoms with E-state index < -0.39 is 10.0 Å². The first-order valence-corrected chi connectivity index (χ1v) is 11.3. The van der Waals surface area contributed by atoms with E-state index in [1.807, 2.05) is 6.07 Å². The first-order chi connectivity index (χ1) is 14.4. The largest absolute Gasteiger partial charge is 0.333 e.